The Labute approximate surface area is 178 Å². The van der Waals surface area contributed by atoms with Crippen molar-refractivity contribution in [3.8, 4) is 0 Å². The molecule has 0 aliphatic heterocycles. The standard InChI is InChI=1S/C18H14BrN5O5S/c19-14-4-2-1-3-12(14)9-21-23-16(25)11-5-7-13(8-6-11)24-30(28,29)15-10-20-18(27)22-17(15)26/h1-10,24H,(H,23,25)(H2,20,22,26,27)/b21-9+. The van der Waals surface area contributed by atoms with Crippen molar-refractivity contribution in [2.45, 2.75) is 4.90 Å². The van der Waals surface area contributed by atoms with Crippen molar-refractivity contribution < 1.29 is 13.2 Å². The fourth-order valence-electron chi connectivity index (χ4n) is 2.30. The summed E-state index contributed by atoms with van der Waals surface area (Å²) < 4.78 is 27.6. The Morgan fingerprint density at radius 2 is 1.77 bits per heavy atom. The highest BCUT2D eigenvalue weighted by Gasteiger charge is 2.19. The predicted molar refractivity (Wildman–Crippen MR) is 114 cm³/mol. The van der Waals surface area contributed by atoms with Gasteiger partial charge in [0.05, 0.1) is 6.21 Å². The highest BCUT2D eigenvalue weighted by molar-refractivity contribution is 9.10. The van der Waals surface area contributed by atoms with Gasteiger partial charge < -0.3 is 4.98 Å². The summed E-state index contributed by atoms with van der Waals surface area (Å²) in [6.07, 6.45) is 2.28. The van der Waals surface area contributed by atoms with E-state index in [4.69, 9.17) is 0 Å². The van der Waals surface area contributed by atoms with Gasteiger partial charge in [-0.15, -0.1) is 0 Å². The Bertz CT molecular complexity index is 1330. The number of carbonyl (C=O) groups excluding carboxylic acids is 1. The summed E-state index contributed by atoms with van der Waals surface area (Å²) in [5.74, 6) is -0.496. The number of rotatable bonds is 6. The van der Waals surface area contributed by atoms with Crippen molar-refractivity contribution in [1.29, 1.82) is 0 Å². The first kappa shape index (κ1) is 21.2. The van der Waals surface area contributed by atoms with E-state index >= 15 is 0 Å². The summed E-state index contributed by atoms with van der Waals surface area (Å²) in [6.45, 7) is 0. The Kier molecular flexibility index (Phi) is 6.28. The second kappa shape index (κ2) is 8.88. The van der Waals surface area contributed by atoms with Crippen LogP contribution in [0.25, 0.3) is 0 Å². The molecule has 0 atom stereocenters. The predicted octanol–water partition coefficient (Wildman–Crippen LogP) is 1.39. The zero-order valence-corrected chi connectivity index (χ0v) is 17.5. The summed E-state index contributed by atoms with van der Waals surface area (Å²) >= 11 is 3.37. The number of sulfonamides is 1. The van der Waals surface area contributed by atoms with E-state index in [9.17, 15) is 22.8 Å². The van der Waals surface area contributed by atoms with E-state index in [0.29, 0.717) is 0 Å². The highest BCUT2D eigenvalue weighted by Crippen LogP contribution is 2.15. The van der Waals surface area contributed by atoms with Crippen molar-refractivity contribution in [3.63, 3.8) is 0 Å². The molecule has 4 N–H and O–H groups in total. The average Bonchev–Trinajstić information content (AvgIpc) is 2.69. The SMILES string of the molecule is O=C(N/N=C/c1ccccc1Br)c1ccc(NS(=O)(=O)c2c[nH]c(=O)[nH]c2=O)cc1. The number of carbonyl (C=O) groups is 1. The zero-order valence-electron chi connectivity index (χ0n) is 15.0. The van der Waals surface area contributed by atoms with Crippen LogP contribution in [0.2, 0.25) is 0 Å². The Balaban J connectivity index is 1.68. The number of nitrogens with one attached hydrogen (secondary N) is 4. The number of aromatic nitrogens is 2. The lowest BCUT2D eigenvalue weighted by molar-refractivity contribution is 0.0955. The van der Waals surface area contributed by atoms with E-state index in [0.717, 1.165) is 16.2 Å². The van der Waals surface area contributed by atoms with Crippen LogP contribution in [-0.4, -0.2) is 30.5 Å². The van der Waals surface area contributed by atoms with Crippen LogP contribution in [0.4, 0.5) is 5.69 Å². The van der Waals surface area contributed by atoms with Gasteiger partial charge in [-0.05, 0) is 30.3 Å². The minimum absolute atomic E-state index is 0.119. The maximum Gasteiger partial charge on any atom is 0.325 e. The molecule has 1 heterocycles. The molecule has 3 aromatic rings. The molecule has 0 saturated heterocycles. The number of hydrogen-bond donors (Lipinski definition) is 4. The van der Waals surface area contributed by atoms with Crippen LogP contribution in [-0.2, 0) is 10.0 Å². The third kappa shape index (κ3) is 5.10. The minimum Gasteiger partial charge on any atom is -0.313 e. The van der Waals surface area contributed by atoms with Gasteiger partial charge in [0.15, 0.2) is 4.90 Å². The number of hydrogen-bond acceptors (Lipinski definition) is 6. The monoisotopic (exact) mass is 491 g/mol. The van der Waals surface area contributed by atoms with Crippen molar-refractivity contribution in [3.05, 3.63) is 91.2 Å². The zero-order chi connectivity index (χ0) is 21.7. The lowest BCUT2D eigenvalue weighted by Crippen LogP contribution is -2.29. The van der Waals surface area contributed by atoms with Crippen molar-refractivity contribution in [2.75, 3.05) is 4.72 Å². The molecule has 154 valence electrons. The molecule has 0 aliphatic rings. The fourth-order valence-corrected chi connectivity index (χ4v) is 3.75. The smallest absolute Gasteiger partial charge is 0.313 e. The third-order valence-corrected chi connectivity index (χ3v) is 5.86. The topological polar surface area (TPSA) is 153 Å². The quantitative estimate of drug-likeness (QED) is 0.303. The van der Waals surface area contributed by atoms with Gasteiger partial charge >= 0.3 is 5.69 Å². The molecule has 0 bridgehead atoms. The molecule has 12 heteroatoms. The maximum absolute atomic E-state index is 12.3. The van der Waals surface area contributed by atoms with E-state index in [2.05, 4.69) is 36.2 Å². The normalized spacial score (nSPS) is 11.4. The van der Waals surface area contributed by atoms with Crippen LogP contribution >= 0.6 is 15.9 Å². The number of benzene rings is 2. The molecular weight excluding hydrogens is 478 g/mol. The van der Waals surface area contributed by atoms with Crippen LogP contribution in [0, 0.1) is 0 Å². The first-order valence-electron chi connectivity index (χ1n) is 8.29. The summed E-state index contributed by atoms with van der Waals surface area (Å²) in [6, 6.07) is 12.8. The number of halogens is 1. The molecule has 0 radical (unpaired) electrons. The molecule has 0 unspecified atom stereocenters. The highest BCUT2D eigenvalue weighted by atomic mass is 79.9. The van der Waals surface area contributed by atoms with Gasteiger partial charge in [0.25, 0.3) is 21.5 Å². The maximum atomic E-state index is 12.3. The molecule has 0 fully saturated rings. The first-order chi connectivity index (χ1) is 14.3. The van der Waals surface area contributed by atoms with Gasteiger partial charge in [0.1, 0.15) is 0 Å². The third-order valence-electron chi connectivity index (χ3n) is 3.75. The molecule has 0 spiro atoms. The Morgan fingerprint density at radius 3 is 2.43 bits per heavy atom. The Morgan fingerprint density at radius 1 is 1.07 bits per heavy atom. The number of hydrazone groups is 1. The summed E-state index contributed by atoms with van der Waals surface area (Å²) in [5, 5.41) is 3.88. The van der Waals surface area contributed by atoms with E-state index in [-0.39, 0.29) is 11.3 Å². The van der Waals surface area contributed by atoms with E-state index in [1.807, 2.05) is 29.2 Å². The van der Waals surface area contributed by atoms with Crippen LogP contribution in [0.1, 0.15) is 15.9 Å². The number of amides is 1. The molecule has 3 rings (SSSR count). The molecule has 0 saturated carbocycles. The average molecular weight is 492 g/mol. The van der Waals surface area contributed by atoms with Crippen LogP contribution in [0.15, 0.2) is 78.8 Å². The van der Waals surface area contributed by atoms with Crippen molar-refractivity contribution >= 4 is 43.8 Å². The van der Waals surface area contributed by atoms with E-state index in [1.165, 1.54) is 30.5 Å². The lowest BCUT2D eigenvalue weighted by atomic mass is 10.2. The van der Waals surface area contributed by atoms with Gasteiger partial charge in [-0.1, -0.05) is 34.1 Å². The molecule has 1 aromatic heterocycles. The van der Waals surface area contributed by atoms with Crippen molar-refractivity contribution in [1.82, 2.24) is 15.4 Å². The van der Waals surface area contributed by atoms with Gasteiger partial charge in [-0.25, -0.2) is 18.6 Å². The Hall–Kier alpha value is -3.51. The van der Waals surface area contributed by atoms with Gasteiger partial charge in [-0.3, -0.25) is 19.3 Å². The second-order valence-electron chi connectivity index (χ2n) is 5.84. The fraction of sp³-hybridized carbons (Fsp3) is 0. The molecule has 2 aromatic carbocycles. The molecular formula is C18H14BrN5O5S. The largest absolute Gasteiger partial charge is 0.325 e. The minimum atomic E-state index is -4.24. The summed E-state index contributed by atoms with van der Waals surface area (Å²) in [4.78, 5) is 38.1. The number of nitrogens with zero attached hydrogens (tertiary/aromatic N) is 1. The molecule has 10 nitrogen and oxygen atoms in total. The second-order valence-corrected chi connectivity index (χ2v) is 8.34. The molecule has 1 amide bonds. The van der Waals surface area contributed by atoms with Crippen LogP contribution in [0.3, 0.4) is 0 Å². The van der Waals surface area contributed by atoms with E-state index in [1.54, 1.807) is 0 Å². The van der Waals surface area contributed by atoms with Gasteiger partial charge in [0.2, 0.25) is 0 Å². The van der Waals surface area contributed by atoms with E-state index < -0.39 is 32.1 Å². The van der Waals surface area contributed by atoms with Crippen molar-refractivity contribution in [2.24, 2.45) is 5.10 Å². The first-order valence-corrected chi connectivity index (χ1v) is 10.6. The summed E-state index contributed by atoms with van der Waals surface area (Å²) in [5.41, 5.74) is 1.64. The number of H-pyrrole nitrogens is 2. The van der Waals surface area contributed by atoms with Crippen LogP contribution in [0.5, 0.6) is 0 Å². The summed E-state index contributed by atoms with van der Waals surface area (Å²) in [7, 11) is -4.24. The number of aromatic amines is 2. The van der Waals surface area contributed by atoms with Gasteiger partial charge in [0, 0.05) is 27.5 Å². The molecule has 30 heavy (non-hydrogen) atoms. The lowest BCUT2D eigenvalue weighted by Gasteiger charge is -2.07. The molecule has 0 aliphatic carbocycles. The van der Waals surface area contributed by atoms with Crippen LogP contribution < -0.4 is 21.4 Å². The van der Waals surface area contributed by atoms with Gasteiger partial charge in [-0.2, -0.15) is 5.10 Å². The number of anilines is 1.